The summed E-state index contributed by atoms with van der Waals surface area (Å²) in [6.07, 6.45) is 0.717. The molecule has 2 aromatic carbocycles. The molecular weight excluding hydrogens is 412 g/mol. The molecule has 1 aliphatic rings. The van der Waals surface area contributed by atoms with Gasteiger partial charge < -0.3 is 14.4 Å². The number of para-hydroxylation sites is 1. The molecule has 158 valence electrons. The first kappa shape index (κ1) is 20.9. The van der Waals surface area contributed by atoms with Gasteiger partial charge in [-0.1, -0.05) is 30.3 Å². The molecule has 0 aliphatic carbocycles. The van der Waals surface area contributed by atoms with Crippen LogP contribution in [0.25, 0.3) is 0 Å². The van der Waals surface area contributed by atoms with Gasteiger partial charge in [0.25, 0.3) is 5.91 Å². The summed E-state index contributed by atoms with van der Waals surface area (Å²) in [5.74, 6) is -0.0600. The van der Waals surface area contributed by atoms with Gasteiger partial charge in [-0.3, -0.25) is 14.6 Å². The van der Waals surface area contributed by atoms with Crippen molar-refractivity contribution in [2.45, 2.75) is 29.7 Å². The molecule has 1 aromatic heterocycles. The van der Waals surface area contributed by atoms with E-state index < -0.39 is 17.3 Å². The number of hydrogen-bond donors (Lipinski definition) is 0. The van der Waals surface area contributed by atoms with E-state index in [1.54, 1.807) is 18.2 Å². The van der Waals surface area contributed by atoms with Gasteiger partial charge in [-0.2, -0.15) is 0 Å². The van der Waals surface area contributed by atoms with E-state index in [0.29, 0.717) is 0 Å². The lowest BCUT2D eigenvalue weighted by Gasteiger charge is -2.27. The van der Waals surface area contributed by atoms with Crippen LogP contribution in [-0.4, -0.2) is 30.1 Å². The fraction of sp³-hybridized carbons (Fsp3) is 0.208. The zero-order valence-electron chi connectivity index (χ0n) is 17.2. The number of methoxy groups -OCH3 is 1. The second-order valence-corrected chi connectivity index (χ2v) is 8.24. The zero-order valence-corrected chi connectivity index (χ0v) is 18.0. The number of carbonyl (C=O) groups is 2. The number of amides is 1. The number of pyridine rings is 1. The van der Waals surface area contributed by atoms with E-state index in [1.165, 1.54) is 18.7 Å². The summed E-state index contributed by atoms with van der Waals surface area (Å²) >= 11 is 1.51. The minimum atomic E-state index is -0.980. The van der Waals surface area contributed by atoms with E-state index in [2.05, 4.69) is 4.98 Å². The highest BCUT2D eigenvalue weighted by Crippen LogP contribution is 2.47. The van der Waals surface area contributed by atoms with Crippen LogP contribution in [0.4, 0.5) is 5.69 Å². The number of nitrogens with zero attached hydrogens (tertiary/aromatic N) is 2. The van der Waals surface area contributed by atoms with Crippen LogP contribution >= 0.6 is 11.8 Å². The van der Waals surface area contributed by atoms with Crippen LogP contribution in [0.2, 0.25) is 0 Å². The molecule has 0 bridgehead atoms. The molecule has 4 rings (SSSR count). The lowest BCUT2D eigenvalue weighted by molar-refractivity contribution is -0.152. The third-order valence-corrected chi connectivity index (χ3v) is 6.35. The van der Waals surface area contributed by atoms with E-state index >= 15 is 0 Å². The van der Waals surface area contributed by atoms with E-state index in [9.17, 15) is 9.59 Å². The molecule has 3 aromatic rings. The Morgan fingerprint density at radius 2 is 1.81 bits per heavy atom. The average Bonchev–Trinajstić information content (AvgIpc) is 2.90. The Balaban J connectivity index is 1.79. The van der Waals surface area contributed by atoms with Crippen molar-refractivity contribution >= 4 is 29.3 Å². The van der Waals surface area contributed by atoms with Crippen molar-refractivity contribution in [2.75, 3.05) is 12.0 Å². The number of thioether (sulfide) groups is 1. The van der Waals surface area contributed by atoms with Crippen LogP contribution in [0.15, 0.2) is 77.8 Å². The highest BCUT2D eigenvalue weighted by molar-refractivity contribution is 7.99. The van der Waals surface area contributed by atoms with E-state index in [1.807, 2.05) is 66.7 Å². The van der Waals surface area contributed by atoms with Crippen LogP contribution in [0, 0.1) is 0 Å². The molecular formula is C24H22N2O4S. The summed E-state index contributed by atoms with van der Waals surface area (Å²) < 4.78 is 10.9. The van der Waals surface area contributed by atoms with Gasteiger partial charge in [0.2, 0.25) is 0 Å². The molecule has 31 heavy (non-hydrogen) atoms. The predicted molar refractivity (Wildman–Crippen MR) is 119 cm³/mol. The molecule has 7 heteroatoms. The molecule has 1 amide bonds. The first-order valence-corrected chi connectivity index (χ1v) is 10.7. The summed E-state index contributed by atoms with van der Waals surface area (Å²) in [4.78, 5) is 32.6. The summed E-state index contributed by atoms with van der Waals surface area (Å²) in [6.45, 7) is 1.61. The summed E-state index contributed by atoms with van der Waals surface area (Å²) in [7, 11) is 1.60. The lowest BCUT2D eigenvalue weighted by Crippen LogP contribution is -2.42. The topological polar surface area (TPSA) is 68.7 Å². The highest BCUT2D eigenvalue weighted by atomic mass is 32.2. The quantitative estimate of drug-likeness (QED) is 0.555. The number of benzene rings is 2. The molecule has 2 atom stereocenters. The third kappa shape index (κ3) is 4.56. The Kier molecular flexibility index (Phi) is 6.23. The standard InChI is InChI=1S/C24H22N2O4S/c1-16(27)30-22-23(17-10-12-19(29-2)13-11-17)31-21-9-4-3-8-20(21)26(24(22)28)15-18-7-5-6-14-25-18/h3-14,22-23H,15H2,1-2H3/t22?,23-/m0/s1. The Bertz CT molecular complexity index is 1070. The van der Waals surface area contributed by atoms with Gasteiger partial charge in [0, 0.05) is 18.0 Å². The van der Waals surface area contributed by atoms with Crippen molar-refractivity contribution in [1.82, 2.24) is 4.98 Å². The second-order valence-electron chi connectivity index (χ2n) is 7.05. The van der Waals surface area contributed by atoms with Crippen molar-refractivity contribution in [3.8, 4) is 5.75 Å². The summed E-state index contributed by atoms with van der Waals surface area (Å²) in [5.41, 5.74) is 2.40. The van der Waals surface area contributed by atoms with Gasteiger partial charge in [-0.25, -0.2) is 0 Å². The van der Waals surface area contributed by atoms with Gasteiger partial charge in [0.15, 0.2) is 6.10 Å². The van der Waals surface area contributed by atoms with Gasteiger partial charge >= 0.3 is 5.97 Å². The fourth-order valence-electron chi connectivity index (χ4n) is 3.52. The molecule has 0 radical (unpaired) electrons. The molecule has 0 saturated heterocycles. The number of anilines is 1. The Labute approximate surface area is 185 Å². The number of hydrogen-bond acceptors (Lipinski definition) is 6. The minimum Gasteiger partial charge on any atom is -0.497 e. The van der Waals surface area contributed by atoms with Crippen LogP contribution < -0.4 is 9.64 Å². The molecule has 1 unspecified atom stereocenters. The zero-order chi connectivity index (χ0) is 21.8. The monoisotopic (exact) mass is 434 g/mol. The maximum absolute atomic E-state index is 13.7. The minimum absolute atomic E-state index is 0.279. The maximum atomic E-state index is 13.7. The molecule has 0 spiro atoms. The van der Waals surface area contributed by atoms with Crippen LogP contribution in [-0.2, 0) is 20.9 Å². The first-order valence-electron chi connectivity index (χ1n) is 9.85. The summed E-state index contributed by atoms with van der Waals surface area (Å²) in [5, 5.41) is -0.405. The number of esters is 1. The molecule has 0 saturated carbocycles. The number of rotatable bonds is 5. The fourth-order valence-corrected chi connectivity index (χ4v) is 4.84. The number of carbonyl (C=O) groups excluding carboxylic acids is 2. The Morgan fingerprint density at radius 3 is 2.48 bits per heavy atom. The van der Waals surface area contributed by atoms with E-state index in [4.69, 9.17) is 9.47 Å². The molecule has 2 heterocycles. The van der Waals surface area contributed by atoms with E-state index in [-0.39, 0.29) is 12.5 Å². The average molecular weight is 435 g/mol. The highest BCUT2D eigenvalue weighted by Gasteiger charge is 2.40. The van der Waals surface area contributed by atoms with Gasteiger partial charge in [-0.15, -0.1) is 11.8 Å². The smallest absolute Gasteiger partial charge is 0.303 e. The number of fused-ring (bicyclic) bond motifs is 1. The van der Waals surface area contributed by atoms with Crippen molar-refractivity contribution in [1.29, 1.82) is 0 Å². The molecule has 0 N–H and O–H groups in total. The molecule has 1 aliphatic heterocycles. The second kappa shape index (κ2) is 9.22. The SMILES string of the molecule is COc1ccc([C@@H]2Sc3ccccc3N(Cc3ccccn3)C(=O)C2OC(C)=O)cc1. The van der Waals surface area contributed by atoms with Gasteiger partial charge in [0.1, 0.15) is 5.75 Å². The van der Waals surface area contributed by atoms with Gasteiger partial charge in [-0.05, 0) is 42.0 Å². The normalized spacial score (nSPS) is 18.1. The lowest BCUT2D eigenvalue weighted by atomic mass is 10.1. The van der Waals surface area contributed by atoms with Crippen LogP contribution in [0.3, 0.4) is 0 Å². The van der Waals surface area contributed by atoms with Crippen LogP contribution in [0.1, 0.15) is 23.4 Å². The Morgan fingerprint density at radius 1 is 1.06 bits per heavy atom. The van der Waals surface area contributed by atoms with E-state index in [0.717, 1.165) is 27.6 Å². The Hall–Kier alpha value is -3.32. The van der Waals surface area contributed by atoms with Crippen molar-refractivity contribution in [3.05, 3.63) is 84.2 Å². The third-order valence-electron chi connectivity index (χ3n) is 4.98. The predicted octanol–water partition coefficient (Wildman–Crippen LogP) is 4.40. The van der Waals surface area contributed by atoms with Crippen LogP contribution in [0.5, 0.6) is 5.75 Å². The molecule has 6 nitrogen and oxygen atoms in total. The largest absolute Gasteiger partial charge is 0.497 e. The first-order chi connectivity index (χ1) is 15.1. The number of ether oxygens (including phenoxy) is 2. The summed E-state index contributed by atoms with van der Waals surface area (Å²) in [6, 6.07) is 20.8. The van der Waals surface area contributed by atoms with Gasteiger partial charge in [0.05, 0.1) is 30.3 Å². The number of aromatic nitrogens is 1. The maximum Gasteiger partial charge on any atom is 0.303 e. The van der Waals surface area contributed by atoms with Crippen molar-refractivity contribution in [2.24, 2.45) is 0 Å². The van der Waals surface area contributed by atoms with Crippen molar-refractivity contribution in [3.63, 3.8) is 0 Å². The van der Waals surface area contributed by atoms with Crippen molar-refractivity contribution < 1.29 is 19.1 Å². The molecule has 0 fully saturated rings.